The Hall–Kier alpha value is -1.52. The van der Waals surface area contributed by atoms with E-state index in [1.807, 2.05) is 29.6 Å². The Balaban J connectivity index is 1.92. The molecule has 2 heterocycles. The zero-order chi connectivity index (χ0) is 12.4. The minimum atomic E-state index is 0.0897. The van der Waals surface area contributed by atoms with Gasteiger partial charge in [0.2, 0.25) is 5.91 Å². The van der Waals surface area contributed by atoms with Crippen molar-refractivity contribution in [1.29, 1.82) is 0 Å². The number of nitrogen functional groups attached to an aromatic ring is 1. The van der Waals surface area contributed by atoms with E-state index in [2.05, 4.69) is 5.10 Å². The molecule has 2 N–H and O–H groups in total. The van der Waals surface area contributed by atoms with Crippen molar-refractivity contribution in [3.63, 3.8) is 0 Å². The lowest BCUT2D eigenvalue weighted by Gasteiger charge is -2.33. The van der Waals surface area contributed by atoms with E-state index in [0.717, 1.165) is 25.9 Å². The Morgan fingerprint density at radius 1 is 1.47 bits per heavy atom. The summed E-state index contributed by atoms with van der Waals surface area (Å²) in [6, 6.07) is 0.378. The average molecular weight is 236 g/mol. The van der Waals surface area contributed by atoms with Crippen molar-refractivity contribution in [3.05, 3.63) is 12.4 Å². The summed E-state index contributed by atoms with van der Waals surface area (Å²) in [5.41, 5.74) is 6.35. The van der Waals surface area contributed by atoms with Gasteiger partial charge < -0.3 is 10.6 Å². The summed E-state index contributed by atoms with van der Waals surface area (Å²) in [5, 5.41) is 4.23. The van der Waals surface area contributed by atoms with E-state index in [9.17, 15) is 4.79 Å². The number of rotatable bonds is 2. The molecule has 5 heteroatoms. The number of carbonyl (C=O) groups is 1. The number of aromatic nitrogens is 2. The lowest BCUT2D eigenvalue weighted by atomic mass is 10.0. The Kier molecular flexibility index (Phi) is 3.36. The standard InChI is InChI=1S/C12H20N4O/c1-9(2)12(17)15-5-3-11(4-6-15)16-8-10(13)7-14-16/h7-9,11H,3-6,13H2,1-2H3. The van der Waals surface area contributed by atoms with Crippen LogP contribution in [0.5, 0.6) is 0 Å². The molecule has 0 radical (unpaired) electrons. The van der Waals surface area contributed by atoms with Gasteiger partial charge in [0, 0.05) is 25.2 Å². The molecule has 17 heavy (non-hydrogen) atoms. The van der Waals surface area contributed by atoms with Crippen LogP contribution in [0.2, 0.25) is 0 Å². The lowest BCUT2D eigenvalue weighted by molar-refractivity contribution is -0.135. The highest BCUT2D eigenvalue weighted by Crippen LogP contribution is 2.23. The molecule has 0 saturated carbocycles. The Morgan fingerprint density at radius 2 is 2.12 bits per heavy atom. The third kappa shape index (κ3) is 2.60. The van der Waals surface area contributed by atoms with Crippen LogP contribution in [0, 0.1) is 5.92 Å². The van der Waals surface area contributed by atoms with Gasteiger partial charge in [0.1, 0.15) is 0 Å². The van der Waals surface area contributed by atoms with E-state index >= 15 is 0 Å². The van der Waals surface area contributed by atoms with Crippen LogP contribution >= 0.6 is 0 Å². The fraction of sp³-hybridized carbons (Fsp3) is 0.667. The molecule has 0 bridgehead atoms. The van der Waals surface area contributed by atoms with E-state index in [0.29, 0.717) is 11.7 Å². The second-order valence-electron chi connectivity index (χ2n) is 4.96. The minimum absolute atomic E-state index is 0.0897. The molecule has 1 aromatic rings. The molecule has 5 nitrogen and oxygen atoms in total. The van der Waals surface area contributed by atoms with Gasteiger partial charge in [0.15, 0.2) is 0 Å². The third-order valence-corrected chi connectivity index (χ3v) is 3.27. The second kappa shape index (κ2) is 4.77. The topological polar surface area (TPSA) is 64.2 Å². The molecule has 1 saturated heterocycles. The van der Waals surface area contributed by atoms with Gasteiger partial charge in [-0.05, 0) is 12.8 Å². The maximum absolute atomic E-state index is 11.8. The maximum Gasteiger partial charge on any atom is 0.225 e. The predicted octanol–water partition coefficient (Wildman–Crippen LogP) is 1.28. The van der Waals surface area contributed by atoms with Crippen molar-refractivity contribution in [2.24, 2.45) is 5.92 Å². The SMILES string of the molecule is CC(C)C(=O)N1CCC(n2cc(N)cn2)CC1. The van der Waals surface area contributed by atoms with E-state index in [-0.39, 0.29) is 11.8 Å². The van der Waals surface area contributed by atoms with Gasteiger partial charge in [0.25, 0.3) is 0 Å². The molecule has 0 unspecified atom stereocenters. The number of nitrogens with zero attached hydrogens (tertiary/aromatic N) is 3. The molecule has 1 aliphatic rings. The molecule has 0 aromatic carbocycles. The largest absolute Gasteiger partial charge is 0.396 e. The van der Waals surface area contributed by atoms with Gasteiger partial charge in [0.05, 0.1) is 17.9 Å². The number of amides is 1. The molecule has 1 amide bonds. The van der Waals surface area contributed by atoms with Crippen LogP contribution in [0.3, 0.4) is 0 Å². The first-order valence-electron chi connectivity index (χ1n) is 6.16. The smallest absolute Gasteiger partial charge is 0.225 e. The Bertz CT molecular complexity index is 391. The highest BCUT2D eigenvalue weighted by Gasteiger charge is 2.25. The highest BCUT2D eigenvalue weighted by atomic mass is 16.2. The summed E-state index contributed by atoms with van der Waals surface area (Å²) in [6.45, 7) is 5.54. The number of carbonyl (C=O) groups excluding carboxylic acids is 1. The molecule has 2 rings (SSSR count). The number of hydrogen-bond acceptors (Lipinski definition) is 3. The van der Waals surface area contributed by atoms with Crippen LogP contribution in [-0.4, -0.2) is 33.7 Å². The van der Waals surface area contributed by atoms with E-state index < -0.39 is 0 Å². The first kappa shape index (κ1) is 12.0. The first-order chi connectivity index (χ1) is 8.08. The molecule has 0 spiro atoms. The van der Waals surface area contributed by atoms with Crippen molar-refractivity contribution in [1.82, 2.24) is 14.7 Å². The fourth-order valence-corrected chi connectivity index (χ4v) is 2.27. The van der Waals surface area contributed by atoms with Crippen LogP contribution in [0.1, 0.15) is 32.7 Å². The van der Waals surface area contributed by atoms with Crippen LogP contribution in [0.4, 0.5) is 5.69 Å². The van der Waals surface area contributed by atoms with Gasteiger partial charge in [-0.1, -0.05) is 13.8 Å². The number of hydrogen-bond donors (Lipinski definition) is 1. The minimum Gasteiger partial charge on any atom is -0.396 e. The molecule has 0 aliphatic carbocycles. The molecule has 1 aliphatic heterocycles. The summed E-state index contributed by atoms with van der Waals surface area (Å²) < 4.78 is 1.92. The first-order valence-corrected chi connectivity index (χ1v) is 6.16. The van der Waals surface area contributed by atoms with Crippen LogP contribution in [-0.2, 0) is 4.79 Å². The molecule has 1 aromatic heterocycles. The molecular weight excluding hydrogens is 216 g/mol. The number of anilines is 1. The van der Waals surface area contributed by atoms with E-state index in [4.69, 9.17) is 5.73 Å². The van der Waals surface area contributed by atoms with Gasteiger partial charge in [-0.25, -0.2) is 0 Å². The molecular formula is C12H20N4O. The van der Waals surface area contributed by atoms with Gasteiger partial charge in [-0.2, -0.15) is 5.10 Å². The second-order valence-corrected chi connectivity index (χ2v) is 4.96. The number of piperidine rings is 1. The normalized spacial score (nSPS) is 17.7. The summed E-state index contributed by atoms with van der Waals surface area (Å²) in [5.74, 6) is 0.343. The highest BCUT2D eigenvalue weighted by molar-refractivity contribution is 5.78. The van der Waals surface area contributed by atoms with Crippen molar-refractivity contribution in [3.8, 4) is 0 Å². The average Bonchev–Trinajstić information content (AvgIpc) is 2.75. The summed E-state index contributed by atoms with van der Waals surface area (Å²) in [4.78, 5) is 13.8. The fourth-order valence-electron chi connectivity index (χ4n) is 2.27. The van der Waals surface area contributed by atoms with Crippen LogP contribution in [0.25, 0.3) is 0 Å². The Morgan fingerprint density at radius 3 is 2.59 bits per heavy atom. The van der Waals surface area contributed by atoms with E-state index in [1.165, 1.54) is 0 Å². The molecule has 94 valence electrons. The van der Waals surface area contributed by atoms with Crippen molar-refractivity contribution >= 4 is 11.6 Å². The van der Waals surface area contributed by atoms with Gasteiger partial charge in [-0.15, -0.1) is 0 Å². The maximum atomic E-state index is 11.8. The number of nitrogens with two attached hydrogens (primary N) is 1. The zero-order valence-corrected chi connectivity index (χ0v) is 10.5. The van der Waals surface area contributed by atoms with E-state index in [1.54, 1.807) is 6.20 Å². The quantitative estimate of drug-likeness (QED) is 0.841. The molecule has 1 fully saturated rings. The monoisotopic (exact) mass is 236 g/mol. The summed E-state index contributed by atoms with van der Waals surface area (Å²) >= 11 is 0. The van der Waals surface area contributed by atoms with Gasteiger partial charge >= 0.3 is 0 Å². The Labute approximate surface area is 102 Å². The summed E-state index contributed by atoms with van der Waals surface area (Å²) in [6.07, 6.45) is 5.45. The van der Waals surface area contributed by atoms with Crippen LogP contribution in [0.15, 0.2) is 12.4 Å². The lowest BCUT2D eigenvalue weighted by Crippen LogP contribution is -2.41. The molecule has 0 atom stereocenters. The van der Waals surface area contributed by atoms with Gasteiger partial charge in [-0.3, -0.25) is 9.48 Å². The summed E-state index contributed by atoms with van der Waals surface area (Å²) in [7, 11) is 0. The van der Waals surface area contributed by atoms with Crippen molar-refractivity contribution in [2.45, 2.75) is 32.7 Å². The third-order valence-electron chi connectivity index (χ3n) is 3.27. The zero-order valence-electron chi connectivity index (χ0n) is 10.5. The van der Waals surface area contributed by atoms with Crippen LogP contribution < -0.4 is 5.73 Å². The number of likely N-dealkylation sites (tertiary alicyclic amines) is 1. The van der Waals surface area contributed by atoms with Crippen molar-refractivity contribution < 1.29 is 4.79 Å². The van der Waals surface area contributed by atoms with Crippen molar-refractivity contribution in [2.75, 3.05) is 18.8 Å². The predicted molar refractivity (Wildman–Crippen MR) is 66.3 cm³/mol.